The minimum absolute atomic E-state index is 0.243. The van der Waals surface area contributed by atoms with E-state index in [1.165, 1.54) is 18.2 Å². The lowest BCUT2D eigenvalue weighted by atomic mass is 10.3. The molecule has 0 amide bonds. The number of nitrogens with two attached hydrogens (primary N) is 1. The van der Waals surface area contributed by atoms with E-state index < -0.39 is 5.82 Å². The Morgan fingerprint density at radius 2 is 2.06 bits per heavy atom. The maximum atomic E-state index is 12.8. The van der Waals surface area contributed by atoms with E-state index in [2.05, 4.69) is 31.2 Å². The molecule has 2 aromatic rings. The molecule has 0 aliphatic heterocycles. The Kier molecular flexibility index (Phi) is 3.44. The number of anilines is 3. The Bertz CT molecular complexity index is 544. The van der Waals surface area contributed by atoms with E-state index in [1.807, 2.05) is 0 Å². The topological polar surface area (TPSA) is 63.8 Å². The number of hydrogen-bond donors (Lipinski definition) is 2. The number of nitrogen functional groups attached to an aromatic ring is 1. The van der Waals surface area contributed by atoms with Crippen molar-refractivity contribution in [2.45, 2.75) is 0 Å². The van der Waals surface area contributed by atoms with Gasteiger partial charge in [0.25, 0.3) is 0 Å². The molecule has 4 nitrogen and oxygen atoms in total. The molecular weight excluding hydrogens is 310 g/mol. The highest BCUT2D eigenvalue weighted by Crippen LogP contribution is 2.25. The van der Waals surface area contributed by atoms with Gasteiger partial charge in [-0.1, -0.05) is 11.6 Å². The normalized spacial score (nSPS) is 10.3. The van der Waals surface area contributed by atoms with Crippen LogP contribution in [0.25, 0.3) is 0 Å². The second-order valence-corrected chi connectivity index (χ2v) is 4.41. The zero-order chi connectivity index (χ0) is 12.4. The minimum Gasteiger partial charge on any atom is -0.383 e. The molecule has 0 aliphatic rings. The number of aromatic nitrogens is 2. The van der Waals surface area contributed by atoms with Crippen LogP contribution in [0.15, 0.2) is 28.9 Å². The van der Waals surface area contributed by atoms with Crippen LogP contribution in [-0.4, -0.2) is 9.97 Å². The molecule has 0 aliphatic carbocycles. The lowest BCUT2D eigenvalue weighted by molar-refractivity contribution is 0.628. The summed E-state index contributed by atoms with van der Waals surface area (Å²) >= 11 is 9.05. The van der Waals surface area contributed by atoms with Crippen molar-refractivity contribution in [1.29, 1.82) is 0 Å². The van der Waals surface area contributed by atoms with Crippen molar-refractivity contribution in [2.75, 3.05) is 11.1 Å². The first kappa shape index (κ1) is 12.1. The number of nitrogens with zero attached hydrogens (tertiary/aromatic N) is 2. The van der Waals surface area contributed by atoms with Gasteiger partial charge in [0.05, 0.1) is 10.7 Å². The van der Waals surface area contributed by atoms with Crippen LogP contribution in [0.3, 0.4) is 0 Å². The van der Waals surface area contributed by atoms with E-state index in [9.17, 15) is 4.39 Å². The Balaban J connectivity index is 2.31. The van der Waals surface area contributed by atoms with Crippen molar-refractivity contribution in [3.63, 3.8) is 0 Å². The standard InChI is InChI=1S/C10H7BrClFN4/c11-8-4-9(14)17-10(16-8)15-7-2-1-5(13)3-6(7)12/h1-4H,(H3,14,15,16,17). The van der Waals surface area contributed by atoms with Crippen molar-refractivity contribution in [3.05, 3.63) is 39.7 Å². The summed E-state index contributed by atoms with van der Waals surface area (Å²) in [6.45, 7) is 0. The molecule has 0 atom stereocenters. The van der Waals surface area contributed by atoms with Crippen molar-refractivity contribution in [2.24, 2.45) is 0 Å². The van der Waals surface area contributed by atoms with E-state index in [4.69, 9.17) is 17.3 Å². The predicted molar refractivity (Wildman–Crippen MR) is 68.8 cm³/mol. The van der Waals surface area contributed by atoms with Crippen LogP contribution in [0.5, 0.6) is 0 Å². The summed E-state index contributed by atoms with van der Waals surface area (Å²) in [4.78, 5) is 8.02. The van der Waals surface area contributed by atoms with Crippen LogP contribution >= 0.6 is 27.5 Å². The van der Waals surface area contributed by atoms with Gasteiger partial charge in [0.15, 0.2) is 0 Å². The molecule has 7 heteroatoms. The first-order valence-electron chi connectivity index (χ1n) is 4.57. The van der Waals surface area contributed by atoms with Crippen LogP contribution < -0.4 is 11.1 Å². The molecule has 0 bridgehead atoms. The Morgan fingerprint density at radius 3 is 2.71 bits per heavy atom. The zero-order valence-corrected chi connectivity index (χ0v) is 10.8. The van der Waals surface area contributed by atoms with Gasteiger partial charge >= 0.3 is 0 Å². The van der Waals surface area contributed by atoms with E-state index in [0.29, 0.717) is 16.1 Å². The van der Waals surface area contributed by atoms with Crippen molar-refractivity contribution in [3.8, 4) is 0 Å². The fourth-order valence-corrected chi connectivity index (χ4v) is 1.82. The summed E-state index contributed by atoms with van der Waals surface area (Å²) in [7, 11) is 0. The van der Waals surface area contributed by atoms with E-state index in [0.717, 1.165) is 0 Å². The lowest BCUT2D eigenvalue weighted by Crippen LogP contribution is -2.01. The zero-order valence-electron chi connectivity index (χ0n) is 8.42. The molecule has 0 fully saturated rings. The molecule has 2 rings (SSSR count). The lowest BCUT2D eigenvalue weighted by Gasteiger charge is -2.07. The Morgan fingerprint density at radius 1 is 1.29 bits per heavy atom. The molecule has 17 heavy (non-hydrogen) atoms. The third kappa shape index (κ3) is 3.04. The molecule has 0 saturated heterocycles. The predicted octanol–water partition coefficient (Wildman–Crippen LogP) is 3.36. The van der Waals surface area contributed by atoms with Crippen LogP contribution in [-0.2, 0) is 0 Å². The maximum absolute atomic E-state index is 12.8. The van der Waals surface area contributed by atoms with E-state index in [-0.39, 0.29) is 11.0 Å². The Hall–Kier alpha value is -1.40. The van der Waals surface area contributed by atoms with E-state index >= 15 is 0 Å². The number of benzene rings is 1. The van der Waals surface area contributed by atoms with Gasteiger partial charge in [-0.2, -0.15) is 4.98 Å². The van der Waals surface area contributed by atoms with Crippen LogP contribution in [0.1, 0.15) is 0 Å². The van der Waals surface area contributed by atoms with Gasteiger partial charge in [0.1, 0.15) is 16.2 Å². The second-order valence-electron chi connectivity index (χ2n) is 3.19. The number of rotatable bonds is 2. The average Bonchev–Trinajstić information content (AvgIpc) is 2.21. The molecule has 0 saturated carbocycles. The van der Waals surface area contributed by atoms with Gasteiger partial charge < -0.3 is 11.1 Å². The smallest absolute Gasteiger partial charge is 0.230 e. The van der Waals surface area contributed by atoms with Gasteiger partial charge in [0, 0.05) is 6.07 Å². The van der Waals surface area contributed by atoms with Gasteiger partial charge in [-0.25, -0.2) is 9.37 Å². The highest BCUT2D eigenvalue weighted by molar-refractivity contribution is 9.10. The monoisotopic (exact) mass is 316 g/mol. The summed E-state index contributed by atoms with van der Waals surface area (Å²) in [5, 5.41) is 3.09. The van der Waals surface area contributed by atoms with Crippen LogP contribution in [0, 0.1) is 5.82 Å². The summed E-state index contributed by atoms with van der Waals surface area (Å²) in [6.07, 6.45) is 0. The van der Waals surface area contributed by atoms with Crippen LogP contribution in [0.2, 0.25) is 5.02 Å². The Labute approximate surface area is 110 Å². The van der Waals surface area contributed by atoms with Crippen molar-refractivity contribution in [1.82, 2.24) is 9.97 Å². The first-order valence-corrected chi connectivity index (χ1v) is 5.74. The molecule has 1 aromatic heterocycles. The first-order chi connectivity index (χ1) is 8.04. The minimum atomic E-state index is -0.407. The SMILES string of the molecule is Nc1cc(Br)nc(Nc2ccc(F)cc2Cl)n1. The third-order valence-corrected chi connectivity index (χ3v) is 2.61. The molecule has 88 valence electrons. The third-order valence-electron chi connectivity index (χ3n) is 1.89. The maximum Gasteiger partial charge on any atom is 0.230 e. The fraction of sp³-hybridized carbons (Fsp3) is 0. The number of hydrogen-bond acceptors (Lipinski definition) is 4. The summed E-state index contributed by atoms with van der Waals surface area (Å²) in [6, 6.07) is 5.55. The van der Waals surface area contributed by atoms with Gasteiger partial charge in [-0.05, 0) is 34.1 Å². The number of halogens is 3. The fourth-order valence-electron chi connectivity index (χ4n) is 1.20. The van der Waals surface area contributed by atoms with Gasteiger partial charge in [-0.3, -0.25) is 0 Å². The van der Waals surface area contributed by atoms with Gasteiger partial charge in [0.2, 0.25) is 5.95 Å². The molecule has 1 aromatic carbocycles. The summed E-state index contributed by atoms with van der Waals surface area (Å²) in [5.41, 5.74) is 6.07. The van der Waals surface area contributed by atoms with Crippen molar-refractivity contribution >= 4 is 45.0 Å². The summed E-state index contributed by atoms with van der Waals surface area (Å²) in [5.74, 6) is 0.188. The van der Waals surface area contributed by atoms with Crippen LogP contribution in [0.4, 0.5) is 21.8 Å². The molecule has 0 spiro atoms. The molecule has 3 N–H and O–H groups in total. The molecule has 0 unspecified atom stereocenters. The van der Waals surface area contributed by atoms with Crippen molar-refractivity contribution < 1.29 is 4.39 Å². The second kappa shape index (κ2) is 4.85. The average molecular weight is 318 g/mol. The summed E-state index contributed by atoms with van der Waals surface area (Å²) < 4.78 is 13.4. The van der Waals surface area contributed by atoms with Gasteiger partial charge in [-0.15, -0.1) is 0 Å². The highest BCUT2D eigenvalue weighted by atomic mass is 79.9. The molecule has 0 radical (unpaired) electrons. The molecule has 1 heterocycles. The molecular formula is C10H7BrClFN4. The highest BCUT2D eigenvalue weighted by Gasteiger charge is 2.05. The van der Waals surface area contributed by atoms with E-state index in [1.54, 1.807) is 6.07 Å². The number of nitrogens with one attached hydrogen (secondary N) is 1. The quantitative estimate of drug-likeness (QED) is 0.834. The largest absolute Gasteiger partial charge is 0.383 e.